The van der Waals surface area contributed by atoms with E-state index in [1.165, 1.54) is 16.7 Å². The molecule has 3 nitrogen and oxygen atoms in total. The molecule has 0 unspecified atom stereocenters. The molecule has 0 amide bonds. The SMILES string of the molecule is CCc1ccc(CNCc2cn(C)nc2C)cc1. The van der Waals surface area contributed by atoms with Gasteiger partial charge in [-0.1, -0.05) is 31.2 Å². The smallest absolute Gasteiger partial charge is 0.0638 e. The van der Waals surface area contributed by atoms with E-state index in [9.17, 15) is 0 Å². The van der Waals surface area contributed by atoms with Crippen LogP contribution in [0.5, 0.6) is 0 Å². The minimum absolute atomic E-state index is 0.870. The number of nitrogens with one attached hydrogen (secondary N) is 1. The quantitative estimate of drug-likeness (QED) is 0.874. The molecule has 2 aromatic rings. The summed E-state index contributed by atoms with van der Waals surface area (Å²) in [7, 11) is 1.96. The Morgan fingerprint density at radius 2 is 1.78 bits per heavy atom. The molecule has 0 atom stereocenters. The monoisotopic (exact) mass is 243 g/mol. The molecular formula is C15H21N3. The van der Waals surface area contributed by atoms with Crippen LogP contribution in [-0.2, 0) is 26.6 Å². The van der Waals surface area contributed by atoms with Crippen molar-refractivity contribution in [3.8, 4) is 0 Å². The fourth-order valence-corrected chi connectivity index (χ4v) is 2.06. The number of benzene rings is 1. The summed E-state index contributed by atoms with van der Waals surface area (Å²) in [6.45, 7) is 6.00. The largest absolute Gasteiger partial charge is 0.308 e. The molecule has 0 spiro atoms. The number of aryl methyl sites for hydroxylation is 3. The second kappa shape index (κ2) is 5.83. The highest BCUT2D eigenvalue weighted by molar-refractivity contribution is 5.22. The van der Waals surface area contributed by atoms with Gasteiger partial charge >= 0.3 is 0 Å². The summed E-state index contributed by atoms with van der Waals surface area (Å²) in [5.74, 6) is 0. The Morgan fingerprint density at radius 3 is 2.33 bits per heavy atom. The number of nitrogens with zero attached hydrogens (tertiary/aromatic N) is 2. The zero-order valence-electron chi connectivity index (χ0n) is 11.4. The van der Waals surface area contributed by atoms with Gasteiger partial charge in [0.05, 0.1) is 5.69 Å². The molecule has 18 heavy (non-hydrogen) atoms. The van der Waals surface area contributed by atoms with E-state index in [1.807, 2.05) is 18.7 Å². The third-order valence-corrected chi connectivity index (χ3v) is 3.19. The highest BCUT2D eigenvalue weighted by Crippen LogP contribution is 2.07. The lowest BCUT2D eigenvalue weighted by molar-refractivity contribution is 0.690. The third-order valence-electron chi connectivity index (χ3n) is 3.19. The standard InChI is InChI=1S/C15H21N3/c1-4-13-5-7-14(8-6-13)9-16-10-15-11-18(3)17-12(15)2/h5-8,11,16H,4,9-10H2,1-3H3. The van der Waals surface area contributed by atoms with Gasteiger partial charge in [0.1, 0.15) is 0 Å². The van der Waals surface area contributed by atoms with Gasteiger partial charge in [0.25, 0.3) is 0 Å². The summed E-state index contributed by atoms with van der Waals surface area (Å²) in [5.41, 5.74) is 5.09. The molecule has 3 heteroatoms. The first kappa shape index (κ1) is 12.8. The van der Waals surface area contributed by atoms with E-state index >= 15 is 0 Å². The highest BCUT2D eigenvalue weighted by Gasteiger charge is 2.02. The molecule has 96 valence electrons. The lowest BCUT2D eigenvalue weighted by Gasteiger charge is -2.05. The van der Waals surface area contributed by atoms with Gasteiger partial charge in [-0.05, 0) is 24.5 Å². The highest BCUT2D eigenvalue weighted by atomic mass is 15.2. The fraction of sp³-hybridized carbons (Fsp3) is 0.400. The van der Waals surface area contributed by atoms with Gasteiger partial charge in [-0.15, -0.1) is 0 Å². The molecule has 2 rings (SSSR count). The van der Waals surface area contributed by atoms with Crippen molar-refractivity contribution in [2.24, 2.45) is 7.05 Å². The first-order valence-corrected chi connectivity index (χ1v) is 6.46. The van der Waals surface area contributed by atoms with Gasteiger partial charge < -0.3 is 5.32 Å². The van der Waals surface area contributed by atoms with Crippen LogP contribution >= 0.6 is 0 Å². The number of aromatic nitrogens is 2. The Kier molecular flexibility index (Phi) is 4.15. The molecule has 0 aliphatic heterocycles. The molecule has 1 aromatic carbocycles. The van der Waals surface area contributed by atoms with E-state index in [0.717, 1.165) is 25.2 Å². The summed E-state index contributed by atoms with van der Waals surface area (Å²) in [6.07, 6.45) is 3.17. The first-order valence-electron chi connectivity index (χ1n) is 6.46. The van der Waals surface area contributed by atoms with Crippen molar-refractivity contribution in [3.05, 3.63) is 52.8 Å². The Hall–Kier alpha value is -1.61. The van der Waals surface area contributed by atoms with Gasteiger partial charge in [0, 0.05) is 31.9 Å². The molecule has 1 N–H and O–H groups in total. The number of rotatable bonds is 5. The van der Waals surface area contributed by atoms with Gasteiger partial charge in [-0.3, -0.25) is 4.68 Å². The Labute approximate surface area is 109 Å². The Balaban J connectivity index is 1.86. The summed E-state index contributed by atoms with van der Waals surface area (Å²) in [6, 6.07) is 8.79. The van der Waals surface area contributed by atoms with Crippen LogP contribution in [0.1, 0.15) is 29.3 Å². The summed E-state index contributed by atoms with van der Waals surface area (Å²) < 4.78 is 1.86. The molecule has 1 aromatic heterocycles. The average molecular weight is 243 g/mol. The lowest BCUT2D eigenvalue weighted by atomic mass is 10.1. The van der Waals surface area contributed by atoms with Gasteiger partial charge in [0.2, 0.25) is 0 Å². The van der Waals surface area contributed by atoms with Gasteiger partial charge in [0.15, 0.2) is 0 Å². The van der Waals surface area contributed by atoms with Crippen LogP contribution in [-0.4, -0.2) is 9.78 Å². The van der Waals surface area contributed by atoms with Crippen LogP contribution in [0.3, 0.4) is 0 Å². The minimum atomic E-state index is 0.870. The summed E-state index contributed by atoms with van der Waals surface area (Å²) in [4.78, 5) is 0. The fourth-order valence-electron chi connectivity index (χ4n) is 2.06. The van der Waals surface area contributed by atoms with Crippen LogP contribution in [0.2, 0.25) is 0 Å². The van der Waals surface area contributed by atoms with Crippen molar-refractivity contribution >= 4 is 0 Å². The van der Waals surface area contributed by atoms with E-state index < -0.39 is 0 Å². The molecule has 0 fully saturated rings. The summed E-state index contributed by atoms with van der Waals surface area (Å²) in [5, 5.41) is 7.79. The predicted molar refractivity (Wildman–Crippen MR) is 74.3 cm³/mol. The second-order valence-corrected chi connectivity index (χ2v) is 4.69. The van der Waals surface area contributed by atoms with Crippen molar-refractivity contribution in [1.29, 1.82) is 0 Å². The molecule has 0 aliphatic carbocycles. The predicted octanol–water partition coefficient (Wildman–Crippen LogP) is 2.58. The normalized spacial score (nSPS) is 10.8. The molecule has 0 aliphatic rings. The van der Waals surface area contributed by atoms with E-state index in [4.69, 9.17) is 0 Å². The second-order valence-electron chi connectivity index (χ2n) is 4.69. The lowest BCUT2D eigenvalue weighted by Crippen LogP contribution is -2.12. The average Bonchev–Trinajstić information content (AvgIpc) is 2.69. The maximum absolute atomic E-state index is 4.34. The molecule has 0 saturated carbocycles. The maximum atomic E-state index is 4.34. The topological polar surface area (TPSA) is 29.9 Å². The first-order chi connectivity index (χ1) is 8.69. The van der Waals surface area contributed by atoms with Crippen molar-refractivity contribution < 1.29 is 0 Å². The van der Waals surface area contributed by atoms with Crippen LogP contribution in [0.25, 0.3) is 0 Å². The molecule has 0 saturated heterocycles. The molecular weight excluding hydrogens is 222 g/mol. The van der Waals surface area contributed by atoms with Crippen LogP contribution in [0.4, 0.5) is 0 Å². The van der Waals surface area contributed by atoms with Crippen LogP contribution in [0, 0.1) is 6.92 Å². The number of hydrogen-bond donors (Lipinski definition) is 1. The van der Waals surface area contributed by atoms with Gasteiger partial charge in [-0.2, -0.15) is 5.10 Å². The zero-order chi connectivity index (χ0) is 13.0. The van der Waals surface area contributed by atoms with Crippen molar-refractivity contribution in [2.45, 2.75) is 33.4 Å². The minimum Gasteiger partial charge on any atom is -0.308 e. The number of hydrogen-bond acceptors (Lipinski definition) is 2. The Bertz CT molecular complexity index is 497. The molecule has 1 heterocycles. The van der Waals surface area contributed by atoms with Crippen molar-refractivity contribution in [1.82, 2.24) is 15.1 Å². The van der Waals surface area contributed by atoms with E-state index in [2.05, 4.69) is 47.8 Å². The van der Waals surface area contributed by atoms with Crippen molar-refractivity contribution in [2.75, 3.05) is 0 Å². The van der Waals surface area contributed by atoms with Crippen LogP contribution in [0.15, 0.2) is 30.5 Å². The molecule has 0 radical (unpaired) electrons. The summed E-state index contributed by atoms with van der Waals surface area (Å²) >= 11 is 0. The third kappa shape index (κ3) is 3.20. The van der Waals surface area contributed by atoms with Crippen LogP contribution < -0.4 is 5.32 Å². The Morgan fingerprint density at radius 1 is 1.11 bits per heavy atom. The van der Waals surface area contributed by atoms with Gasteiger partial charge in [-0.25, -0.2) is 0 Å². The van der Waals surface area contributed by atoms with Crippen molar-refractivity contribution in [3.63, 3.8) is 0 Å². The molecule has 0 bridgehead atoms. The van der Waals surface area contributed by atoms with E-state index in [1.54, 1.807) is 0 Å². The van der Waals surface area contributed by atoms with E-state index in [-0.39, 0.29) is 0 Å². The zero-order valence-corrected chi connectivity index (χ0v) is 11.4. The maximum Gasteiger partial charge on any atom is 0.0638 e. The van der Waals surface area contributed by atoms with E-state index in [0.29, 0.717) is 0 Å².